The molecule has 0 saturated carbocycles. The third-order valence-corrected chi connectivity index (χ3v) is 4.74. The molecule has 0 bridgehead atoms. The molecule has 8 heteroatoms. The van der Waals surface area contributed by atoms with Crippen LogP contribution < -0.4 is 11.1 Å². The molecule has 0 fully saturated rings. The Balaban J connectivity index is 1.81. The molecule has 3 rings (SSSR count). The summed E-state index contributed by atoms with van der Waals surface area (Å²) < 4.78 is 4.81. The van der Waals surface area contributed by atoms with E-state index in [0.717, 1.165) is 66.8 Å². The van der Waals surface area contributed by atoms with Crippen molar-refractivity contribution in [3.63, 3.8) is 0 Å². The van der Waals surface area contributed by atoms with Gasteiger partial charge in [0.25, 0.3) is 0 Å². The molecule has 0 aliphatic rings. The summed E-state index contributed by atoms with van der Waals surface area (Å²) in [7, 11) is 3.49. The summed E-state index contributed by atoms with van der Waals surface area (Å²) in [5.41, 5.74) is 7.66. The van der Waals surface area contributed by atoms with E-state index in [4.69, 9.17) is 10.5 Å². The first-order valence-corrected chi connectivity index (χ1v) is 9.54. The molecule has 0 amide bonds. The van der Waals surface area contributed by atoms with Gasteiger partial charge in [-0.15, -0.1) is 0 Å². The number of hydrogen-bond donors (Lipinski definition) is 3. The second kappa shape index (κ2) is 8.99. The normalized spacial score (nSPS) is 11.5. The van der Waals surface area contributed by atoms with Crippen molar-refractivity contribution in [1.29, 1.82) is 0 Å². The molecule has 0 radical (unpaired) electrons. The van der Waals surface area contributed by atoms with E-state index in [9.17, 15) is 4.79 Å². The summed E-state index contributed by atoms with van der Waals surface area (Å²) in [6, 6.07) is 5.46. The Kier molecular flexibility index (Phi) is 6.43. The fraction of sp³-hybridized carbons (Fsp3) is 0.450. The molecule has 0 saturated heterocycles. The van der Waals surface area contributed by atoms with Crippen molar-refractivity contribution >= 4 is 33.7 Å². The highest BCUT2D eigenvalue weighted by Crippen LogP contribution is 2.30. The van der Waals surface area contributed by atoms with E-state index in [1.165, 1.54) is 7.11 Å². The lowest BCUT2D eigenvalue weighted by Gasteiger charge is -2.16. The second-order valence-electron chi connectivity index (χ2n) is 6.95. The topological polar surface area (TPSA) is 109 Å². The summed E-state index contributed by atoms with van der Waals surface area (Å²) in [5.74, 6) is 1.14. The number of anilines is 1. The molecule has 1 aromatic carbocycles. The van der Waals surface area contributed by atoms with Crippen molar-refractivity contribution in [2.24, 2.45) is 5.73 Å². The zero-order valence-corrected chi connectivity index (χ0v) is 16.7. The number of ether oxygens (including phenoxy) is 1. The number of hydrogen-bond acceptors (Lipinski definition) is 7. The highest BCUT2D eigenvalue weighted by molar-refractivity contribution is 6.12. The Morgan fingerprint density at radius 2 is 2.07 bits per heavy atom. The monoisotopic (exact) mass is 384 g/mol. The molecule has 4 N–H and O–H groups in total. The fourth-order valence-electron chi connectivity index (χ4n) is 3.31. The zero-order valence-electron chi connectivity index (χ0n) is 16.7. The van der Waals surface area contributed by atoms with E-state index in [2.05, 4.69) is 32.2 Å². The first-order valence-electron chi connectivity index (χ1n) is 9.54. The van der Waals surface area contributed by atoms with Crippen molar-refractivity contribution in [3.8, 4) is 0 Å². The summed E-state index contributed by atoms with van der Waals surface area (Å²) in [6.45, 7) is 5.41. The summed E-state index contributed by atoms with van der Waals surface area (Å²) >= 11 is 0. The van der Waals surface area contributed by atoms with E-state index < -0.39 is 0 Å². The standard InChI is InChI=1S/C20H28N6O2/c1-13-23-18(22-9-5-11-26(2)10-4-8-21)17-15-7-6-14(20(27)28-3)12-16(15)25-19(17)24-13/h6-7,12H,4-5,8-11,21H2,1-3H3,(H2,22,23,24,25). The molecule has 0 spiro atoms. The van der Waals surface area contributed by atoms with Crippen LogP contribution in [0.4, 0.5) is 5.82 Å². The van der Waals surface area contributed by atoms with Gasteiger partial charge >= 0.3 is 5.97 Å². The number of aromatic nitrogens is 3. The molecule has 0 atom stereocenters. The van der Waals surface area contributed by atoms with Gasteiger partial charge in [0.2, 0.25) is 0 Å². The van der Waals surface area contributed by atoms with Crippen molar-refractivity contribution in [1.82, 2.24) is 19.9 Å². The Morgan fingerprint density at radius 3 is 2.82 bits per heavy atom. The SMILES string of the molecule is COC(=O)c1ccc2c(c1)[nH]c1nc(C)nc(NCCCN(C)CCCN)c12. The van der Waals surface area contributed by atoms with Crippen LogP contribution in [0.15, 0.2) is 18.2 Å². The van der Waals surface area contributed by atoms with Gasteiger partial charge in [-0.1, -0.05) is 6.07 Å². The lowest BCUT2D eigenvalue weighted by molar-refractivity contribution is 0.0601. The minimum atomic E-state index is -0.361. The first kappa shape index (κ1) is 20.0. The molecular formula is C20H28N6O2. The summed E-state index contributed by atoms with van der Waals surface area (Å²) in [5, 5.41) is 5.37. The Hall–Kier alpha value is -2.71. The van der Waals surface area contributed by atoms with Crippen LogP contribution in [-0.4, -0.2) is 66.2 Å². The van der Waals surface area contributed by atoms with Crippen LogP contribution in [0.2, 0.25) is 0 Å². The molecule has 28 heavy (non-hydrogen) atoms. The van der Waals surface area contributed by atoms with E-state index in [-0.39, 0.29) is 5.97 Å². The highest BCUT2D eigenvalue weighted by Gasteiger charge is 2.14. The van der Waals surface area contributed by atoms with Crippen LogP contribution in [0.25, 0.3) is 21.9 Å². The zero-order chi connectivity index (χ0) is 20.1. The van der Waals surface area contributed by atoms with E-state index >= 15 is 0 Å². The molecule has 8 nitrogen and oxygen atoms in total. The van der Waals surface area contributed by atoms with Crippen LogP contribution in [0, 0.1) is 6.92 Å². The molecule has 2 aromatic heterocycles. The number of aryl methyl sites for hydroxylation is 1. The number of carbonyl (C=O) groups excluding carboxylic acids is 1. The lowest BCUT2D eigenvalue weighted by atomic mass is 10.1. The lowest BCUT2D eigenvalue weighted by Crippen LogP contribution is -2.24. The van der Waals surface area contributed by atoms with Crippen LogP contribution in [0.5, 0.6) is 0 Å². The van der Waals surface area contributed by atoms with Crippen LogP contribution in [-0.2, 0) is 4.74 Å². The number of nitrogens with one attached hydrogen (secondary N) is 2. The average Bonchev–Trinajstić information content (AvgIpc) is 3.05. The number of fused-ring (bicyclic) bond motifs is 3. The number of rotatable bonds is 9. The number of carbonyl (C=O) groups is 1. The molecule has 2 heterocycles. The van der Waals surface area contributed by atoms with Crippen molar-refractivity contribution in [2.75, 3.05) is 45.7 Å². The smallest absolute Gasteiger partial charge is 0.337 e. The van der Waals surface area contributed by atoms with Crippen molar-refractivity contribution in [3.05, 3.63) is 29.6 Å². The number of nitrogens with zero attached hydrogens (tertiary/aromatic N) is 3. The van der Waals surface area contributed by atoms with Crippen molar-refractivity contribution < 1.29 is 9.53 Å². The third-order valence-electron chi connectivity index (χ3n) is 4.74. The maximum atomic E-state index is 11.8. The molecule has 3 aromatic rings. The summed E-state index contributed by atoms with van der Waals surface area (Å²) in [6.07, 6.45) is 2.01. The van der Waals surface area contributed by atoms with Gasteiger partial charge in [-0.05, 0) is 58.6 Å². The number of methoxy groups -OCH3 is 1. The second-order valence-corrected chi connectivity index (χ2v) is 6.95. The quantitative estimate of drug-likeness (QED) is 0.383. The molecule has 0 unspecified atom stereocenters. The minimum absolute atomic E-state index is 0.361. The Labute approximate surface area is 164 Å². The van der Waals surface area contributed by atoms with Gasteiger partial charge in [-0.3, -0.25) is 0 Å². The van der Waals surface area contributed by atoms with E-state index in [0.29, 0.717) is 11.4 Å². The number of esters is 1. The number of aromatic amines is 1. The Bertz CT molecular complexity index is 968. The molecule has 0 aliphatic carbocycles. The average molecular weight is 384 g/mol. The molecule has 150 valence electrons. The maximum absolute atomic E-state index is 11.8. The molecular weight excluding hydrogens is 356 g/mol. The summed E-state index contributed by atoms with van der Waals surface area (Å²) in [4.78, 5) is 26.5. The number of H-pyrrole nitrogens is 1. The van der Waals surface area contributed by atoms with Crippen molar-refractivity contribution in [2.45, 2.75) is 19.8 Å². The van der Waals surface area contributed by atoms with Gasteiger partial charge in [0, 0.05) is 17.4 Å². The van der Waals surface area contributed by atoms with E-state index in [1.807, 2.05) is 13.0 Å². The van der Waals surface area contributed by atoms with Gasteiger partial charge < -0.3 is 25.7 Å². The fourth-order valence-corrected chi connectivity index (χ4v) is 3.31. The van der Waals surface area contributed by atoms with Gasteiger partial charge in [-0.25, -0.2) is 14.8 Å². The van der Waals surface area contributed by atoms with Crippen LogP contribution in [0.3, 0.4) is 0 Å². The predicted molar refractivity (Wildman–Crippen MR) is 112 cm³/mol. The third kappa shape index (κ3) is 4.40. The van der Waals surface area contributed by atoms with Gasteiger partial charge in [0.1, 0.15) is 17.3 Å². The minimum Gasteiger partial charge on any atom is -0.465 e. The van der Waals surface area contributed by atoms with Gasteiger partial charge in [0.15, 0.2) is 0 Å². The predicted octanol–water partition coefficient (Wildman–Crippen LogP) is 2.29. The van der Waals surface area contributed by atoms with E-state index in [1.54, 1.807) is 12.1 Å². The number of benzene rings is 1. The first-order chi connectivity index (χ1) is 13.5. The largest absolute Gasteiger partial charge is 0.465 e. The highest BCUT2D eigenvalue weighted by atomic mass is 16.5. The van der Waals surface area contributed by atoms with Crippen LogP contribution in [0.1, 0.15) is 29.0 Å². The van der Waals surface area contributed by atoms with Gasteiger partial charge in [0.05, 0.1) is 18.1 Å². The van der Waals surface area contributed by atoms with Crippen LogP contribution >= 0.6 is 0 Å². The van der Waals surface area contributed by atoms with Gasteiger partial charge in [-0.2, -0.15) is 0 Å². The molecule has 0 aliphatic heterocycles. The Morgan fingerprint density at radius 1 is 1.29 bits per heavy atom. The number of nitrogens with two attached hydrogens (primary N) is 1. The maximum Gasteiger partial charge on any atom is 0.337 e.